The van der Waals surface area contributed by atoms with Gasteiger partial charge in [0, 0.05) is 24.1 Å². The van der Waals surface area contributed by atoms with Crippen LogP contribution in [-0.2, 0) is 10.0 Å². The maximum Gasteiger partial charge on any atom is 0.280 e. The summed E-state index contributed by atoms with van der Waals surface area (Å²) in [5.74, 6) is -3.97. The van der Waals surface area contributed by atoms with Gasteiger partial charge >= 0.3 is 0 Å². The molecule has 1 N–H and O–H groups in total. The first-order valence-electron chi connectivity index (χ1n) is 14.7. The Morgan fingerprint density at radius 3 is 2.38 bits per heavy atom. The minimum absolute atomic E-state index is 0.0692. The van der Waals surface area contributed by atoms with E-state index in [4.69, 9.17) is 29.3 Å². The van der Waals surface area contributed by atoms with E-state index in [2.05, 4.69) is 19.9 Å². The Morgan fingerprint density at radius 1 is 0.941 bits per heavy atom. The lowest BCUT2D eigenvalue weighted by Gasteiger charge is -2.17. The van der Waals surface area contributed by atoms with Crippen molar-refractivity contribution in [1.29, 1.82) is 0 Å². The Kier molecular flexibility index (Phi) is 3.67. The van der Waals surface area contributed by atoms with Crippen molar-refractivity contribution in [1.82, 2.24) is 19.9 Å². The first kappa shape index (κ1) is 12.8. The summed E-state index contributed by atoms with van der Waals surface area (Å²) in [5, 5.41) is -1.06. The van der Waals surface area contributed by atoms with Gasteiger partial charge in [-0.2, -0.15) is 13.4 Å². The topological polar surface area (TPSA) is 125 Å². The van der Waals surface area contributed by atoms with E-state index in [1.54, 1.807) is 0 Å². The Bertz CT molecular complexity index is 1970. The number of methoxy groups -OCH3 is 2. The fourth-order valence-corrected chi connectivity index (χ4v) is 3.27. The van der Waals surface area contributed by atoms with Crippen LogP contribution >= 0.6 is 0 Å². The molecule has 3 heterocycles. The molecule has 0 saturated heterocycles. The Hall–Kier alpha value is -4.25. The van der Waals surface area contributed by atoms with Gasteiger partial charge in [-0.15, -0.1) is 0 Å². The van der Waals surface area contributed by atoms with Crippen molar-refractivity contribution in [3.63, 3.8) is 0 Å². The van der Waals surface area contributed by atoms with Crippen molar-refractivity contribution in [2.45, 2.75) is 11.9 Å². The van der Waals surface area contributed by atoms with Gasteiger partial charge < -0.3 is 14.2 Å². The van der Waals surface area contributed by atoms with Crippen molar-refractivity contribution in [3.8, 4) is 34.5 Å². The van der Waals surface area contributed by atoms with Crippen LogP contribution in [0.15, 0.2) is 71.9 Å². The zero-order valence-electron chi connectivity index (χ0n) is 28.7. The van der Waals surface area contributed by atoms with E-state index in [-0.39, 0.29) is 5.56 Å². The van der Waals surface area contributed by atoms with Crippen LogP contribution in [0.2, 0.25) is 0 Å². The molecule has 3 aromatic heterocycles. The second-order valence-electron chi connectivity index (χ2n) is 6.17. The fourth-order valence-electron chi connectivity index (χ4n) is 2.43. The third kappa shape index (κ3) is 4.89. The predicted octanol–water partition coefficient (Wildman–Crippen LogP) is 3.85. The van der Waals surface area contributed by atoms with Crippen LogP contribution in [0, 0.1) is 6.92 Å². The highest BCUT2D eigenvalue weighted by molar-refractivity contribution is 7.92. The second kappa shape index (κ2) is 9.71. The molecule has 0 spiro atoms. The summed E-state index contributed by atoms with van der Waals surface area (Å²) in [6.07, 6.45) is -2.07. The number of nitrogens with zero attached hydrogens (tertiary/aromatic N) is 4. The van der Waals surface area contributed by atoms with Crippen LogP contribution in [0.4, 0.5) is 5.82 Å². The molecule has 1 aromatic carbocycles. The van der Waals surface area contributed by atoms with Gasteiger partial charge in [-0.25, -0.2) is 9.97 Å². The summed E-state index contributed by atoms with van der Waals surface area (Å²) in [4.78, 5) is 15.2. The molecular formula is C23H21N5O5S. The quantitative estimate of drug-likeness (QED) is 0.392. The van der Waals surface area contributed by atoms with E-state index in [0.717, 1.165) is 14.2 Å². The monoisotopic (exact) mass is 490 g/mol. The van der Waals surface area contributed by atoms with Crippen LogP contribution in [-0.4, -0.2) is 42.6 Å². The molecule has 0 bridgehead atoms. The molecule has 0 atom stereocenters. The third-order valence-electron chi connectivity index (χ3n) is 3.92. The van der Waals surface area contributed by atoms with Gasteiger partial charge in [-0.3, -0.25) is 9.71 Å². The first-order chi connectivity index (χ1) is 21.0. The van der Waals surface area contributed by atoms with Gasteiger partial charge in [-0.1, -0.05) is 18.1 Å². The normalized spacial score (nSPS) is 15.6. The highest BCUT2D eigenvalue weighted by atomic mass is 32.2. The molecule has 0 aliphatic carbocycles. The molecule has 0 amide bonds. The van der Waals surface area contributed by atoms with Gasteiger partial charge in [0.1, 0.15) is 0 Å². The van der Waals surface area contributed by atoms with Crippen LogP contribution in [0.3, 0.4) is 0 Å². The van der Waals surface area contributed by atoms with E-state index in [9.17, 15) is 8.42 Å². The molecule has 4 aromatic rings. The molecule has 0 aliphatic heterocycles. The number of hydrogen-bond acceptors (Lipinski definition) is 9. The minimum atomic E-state index is -5.01. The number of para-hydroxylation sites is 2. The lowest BCUT2D eigenvalue weighted by atomic mass is 10.2. The van der Waals surface area contributed by atoms with E-state index < -0.39 is 122 Å². The molecule has 10 nitrogen and oxygen atoms in total. The zero-order valence-corrected chi connectivity index (χ0v) is 18.6. The molecule has 34 heavy (non-hydrogen) atoms. The third-order valence-corrected chi connectivity index (χ3v) is 5.09. The van der Waals surface area contributed by atoms with Crippen LogP contribution in [0.5, 0.6) is 23.1 Å². The van der Waals surface area contributed by atoms with Crippen LogP contribution in [0.1, 0.15) is 20.6 Å². The largest absolute Gasteiger partial charge is 0.493 e. The number of sulfonamides is 1. The maximum atomic E-state index is 13.6. The Balaban J connectivity index is 2.07. The summed E-state index contributed by atoms with van der Waals surface area (Å²) < 4.78 is 134. The van der Waals surface area contributed by atoms with Gasteiger partial charge in [0.05, 0.1) is 29.3 Å². The average Bonchev–Trinajstić information content (AvgIpc) is 2.99. The number of hydrogen-bond donors (Lipinski definition) is 1. The second-order valence-corrected chi connectivity index (χ2v) is 7.77. The Labute approximate surface area is 212 Å². The van der Waals surface area contributed by atoms with Crippen LogP contribution < -0.4 is 18.9 Å². The van der Waals surface area contributed by atoms with E-state index in [1.807, 2.05) is 4.72 Å². The number of benzene rings is 1. The van der Waals surface area contributed by atoms with E-state index >= 15 is 0 Å². The van der Waals surface area contributed by atoms with Gasteiger partial charge in [0.25, 0.3) is 15.9 Å². The van der Waals surface area contributed by atoms with Crippen molar-refractivity contribution in [3.05, 3.63) is 72.4 Å². The smallest absolute Gasteiger partial charge is 0.280 e. The van der Waals surface area contributed by atoms with Gasteiger partial charge in [-0.05, 0) is 42.7 Å². The van der Waals surface area contributed by atoms with Crippen molar-refractivity contribution in [2.75, 3.05) is 18.9 Å². The summed E-state index contributed by atoms with van der Waals surface area (Å²) >= 11 is 0. The lowest BCUT2D eigenvalue weighted by molar-refractivity contribution is 0.348. The Morgan fingerprint density at radius 2 is 1.68 bits per heavy atom. The molecule has 0 radical (unpaired) electrons. The SMILES string of the molecule is [2H]c1nc([2H])c([2H])c(-c2nc(NS(=O)(=O)c3nc([2H])c(C)c([2H])c3[2H])c(Oc3c([2H])c([2H])c([2H])c([2H])c3OC)c(OC)n2)c1[2H]. The molecule has 0 fully saturated rings. The van der Waals surface area contributed by atoms with Gasteiger partial charge in [0.2, 0.25) is 5.75 Å². The van der Waals surface area contributed by atoms with Gasteiger partial charge in [0.15, 0.2) is 28.2 Å². The summed E-state index contributed by atoms with van der Waals surface area (Å²) in [5.41, 5.74) is -0.596. The fraction of sp³-hybridized carbons (Fsp3) is 0.130. The molecular weight excluding hydrogens is 458 g/mol. The number of pyridine rings is 2. The number of nitrogens with one attached hydrogen (secondary N) is 1. The minimum Gasteiger partial charge on any atom is -0.493 e. The highest BCUT2D eigenvalue weighted by Crippen LogP contribution is 2.41. The zero-order chi connectivity index (χ0) is 33.7. The lowest BCUT2D eigenvalue weighted by Crippen LogP contribution is -2.17. The predicted molar refractivity (Wildman–Crippen MR) is 125 cm³/mol. The summed E-state index contributed by atoms with van der Waals surface area (Å²) in [6, 6.07) is -5.70. The molecule has 0 aliphatic rings. The van der Waals surface area contributed by atoms with Crippen LogP contribution in [0.25, 0.3) is 11.4 Å². The summed E-state index contributed by atoms with van der Waals surface area (Å²) in [7, 11) is -2.86. The summed E-state index contributed by atoms with van der Waals surface area (Å²) in [6.45, 7) is 1.30. The van der Waals surface area contributed by atoms with Crippen molar-refractivity contribution >= 4 is 15.8 Å². The van der Waals surface area contributed by atoms with Crippen molar-refractivity contribution in [2.24, 2.45) is 0 Å². The van der Waals surface area contributed by atoms with E-state index in [0.29, 0.717) is 0 Å². The molecule has 174 valence electrons. The van der Waals surface area contributed by atoms with Crippen molar-refractivity contribution < 1.29 is 37.7 Å². The number of anilines is 1. The average molecular weight is 491 g/mol. The number of aromatic nitrogens is 4. The number of rotatable bonds is 8. The van der Waals surface area contributed by atoms with E-state index in [1.165, 1.54) is 6.92 Å². The molecule has 0 unspecified atom stereocenters. The standard InChI is InChI=1S/C23H21N5O5S/c1-15-8-9-19(25-14-15)34(29,30)28-22-20(33-18-7-5-4-6-17(18)31-2)23(32-3)27-21(26-22)16-10-12-24-13-11-16/h4-14H,1-3H3,(H,26,27,28)/i4D,5D,6D,7D,8D,9D,10D,11D,12D,13D,14D. The number of ether oxygens (including phenoxy) is 3. The first-order valence-corrected chi connectivity index (χ1v) is 10.6. The molecule has 0 saturated carbocycles. The maximum absolute atomic E-state index is 13.6. The molecule has 4 rings (SSSR count). The molecule has 11 heteroatoms. The highest BCUT2D eigenvalue weighted by Gasteiger charge is 2.25.